The van der Waals surface area contributed by atoms with Gasteiger partial charge in [0, 0.05) is 12.2 Å². The molecule has 5 heteroatoms. The number of aromatic nitrogens is 1. The minimum atomic E-state index is -0.848. The third-order valence-electron chi connectivity index (χ3n) is 2.33. The maximum atomic E-state index is 11.6. The van der Waals surface area contributed by atoms with Crippen LogP contribution in [0.25, 0.3) is 0 Å². The standard InChI is InChI=1S/C12H16N2O3/c1-4-14(11(15)12(16)17-3)8-10-7-5-6-9(2)13-10/h5-7H,4,8H2,1-3H3. The Bertz CT molecular complexity index is 418. The predicted octanol–water partition coefficient (Wildman–Crippen LogP) is 0.912. The minimum Gasteiger partial charge on any atom is -0.462 e. The molecule has 0 fully saturated rings. The van der Waals surface area contributed by atoms with E-state index in [1.165, 1.54) is 12.0 Å². The topological polar surface area (TPSA) is 59.5 Å². The highest BCUT2D eigenvalue weighted by Crippen LogP contribution is 2.04. The van der Waals surface area contributed by atoms with E-state index in [2.05, 4.69) is 9.72 Å². The Labute approximate surface area is 100 Å². The van der Waals surface area contributed by atoms with Crippen molar-refractivity contribution in [3.8, 4) is 0 Å². The van der Waals surface area contributed by atoms with Crippen molar-refractivity contribution in [2.75, 3.05) is 13.7 Å². The molecule has 1 heterocycles. The van der Waals surface area contributed by atoms with Crippen molar-refractivity contribution in [1.82, 2.24) is 9.88 Å². The number of esters is 1. The van der Waals surface area contributed by atoms with Gasteiger partial charge in [-0.05, 0) is 26.0 Å². The van der Waals surface area contributed by atoms with Crippen LogP contribution in [0.5, 0.6) is 0 Å². The molecule has 1 aromatic rings. The van der Waals surface area contributed by atoms with Gasteiger partial charge in [-0.3, -0.25) is 9.78 Å². The van der Waals surface area contributed by atoms with Crippen LogP contribution >= 0.6 is 0 Å². The number of carbonyl (C=O) groups is 2. The van der Waals surface area contributed by atoms with E-state index in [1.54, 1.807) is 6.92 Å². The fourth-order valence-corrected chi connectivity index (χ4v) is 1.43. The van der Waals surface area contributed by atoms with E-state index in [0.717, 1.165) is 11.4 Å². The van der Waals surface area contributed by atoms with E-state index >= 15 is 0 Å². The van der Waals surface area contributed by atoms with Crippen LogP contribution in [-0.4, -0.2) is 35.4 Å². The fourth-order valence-electron chi connectivity index (χ4n) is 1.43. The summed E-state index contributed by atoms with van der Waals surface area (Å²) in [6.07, 6.45) is 0. The lowest BCUT2D eigenvalue weighted by molar-refractivity contribution is -0.158. The third-order valence-corrected chi connectivity index (χ3v) is 2.33. The zero-order valence-electron chi connectivity index (χ0n) is 10.3. The molecule has 1 aromatic heterocycles. The molecule has 0 saturated carbocycles. The second-order valence-corrected chi connectivity index (χ2v) is 3.58. The van der Waals surface area contributed by atoms with E-state index in [4.69, 9.17) is 0 Å². The van der Waals surface area contributed by atoms with Crippen molar-refractivity contribution < 1.29 is 14.3 Å². The van der Waals surface area contributed by atoms with E-state index in [1.807, 2.05) is 25.1 Å². The number of methoxy groups -OCH3 is 1. The predicted molar refractivity (Wildman–Crippen MR) is 62.1 cm³/mol. The van der Waals surface area contributed by atoms with Crippen molar-refractivity contribution >= 4 is 11.9 Å². The first kappa shape index (κ1) is 13.2. The number of rotatable bonds is 3. The SMILES string of the molecule is CCN(Cc1cccc(C)n1)C(=O)C(=O)OC. The second kappa shape index (κ2) is 5.98. The van der Waals surface area contributed by atoms with Gasteiger partial charge in [0.2, 0.25) is 0 Å². The van der Waals surface area contributed by atoms with Crippen molar-refractivity contribution in [3.05, 3.63) is 29.6 Å². The van der Waals surface area contributed by atoms with Crippen LogP contribution in [0.4, 0.5) is 0 Å². The number of likely N-dealkylation sites (N-methyl/N-ethyl adjacent to an activating group) is 1. The molecule has 0 saturated heterocycles. The van der Waals surface area contributed by atoms with Crippen LogP contribution in [0.1, 0.15) is 18.3 Å². The number of amides is 1. The zero-order chi connectivity index (χ0) is 12.8. The molecule has 17 heavy (non-hydrogen) atoms. The Hall–Kier alpha value is -1.91. The van der Waals surface area contributed by atoms with Gasteiger partial charge in [-0.1, -0.05) is 6.07 Å². The molecule has 0 aliphatic carbocycles. The van der Waals surface area contributed by atoms with Gasteiger partial charge in [0.05, 0.1) is 19.3 Å². The summed E-state index contributed by atoms with van der Waals surface area (Å²) in [5, 5.41) is 0. The Morgan fingerprint density at radius 3 is 2.65 bits per heavy atom. The quantitative estimate of drug-likeness (QED) is 0.578. The maximum absolute atomic E-state index is 11.6. The second-order valence-electron chi connectivity index (χ2n) is 3.58. The lowest BCUT2D eigenvalue weighted by atomic mass is 10.3. The van der Waals surface area contributed by atoms with Crippen LogP contribution in [0.2, 0.25) is 0 Å². The summed E-state index contributed by atoms with van der Waals surface area (Å²) in [6, 6.07) is 5.57. The van der Waals surface area contributed by atoms with E-state index in [9.17, 15) is 9.59 Å². The average Bonchev–Trinajstić information content (AvgIpc) is 2.34. The molecular weight excluding hydrogens is 220 g/mol. The molecule has 5 nitrogen and oxygen atoms in total. The van der Waals surface area contributed by atoms with Gasteiger partial charge in [-0.2, -0.15) is 0 Å². The summed E-state index contributed by atoms with van der Waals surface area (Å²) in [6.45, 7) is 4.42. The van der Waals surface area contributed by atoms with Gasteiger partial charge in [0.15, 0.2) is 0 Å². The number of carbonyl (C=O) groups excluding carboxylic acids is 2. The van der Waals surface area contributed by atoms with Gasteiger partial charge in [-0.25, -0.2) is 4.79 Å². The molecule has 0 aromatic carbocycles. The van der Waals surface area contributed by atoms with Gasteiger partial charge < -0.3 is 9.64 Å². The largest absolute Gasteiger partial charge is 0.462 e. The number of aryl methyl sites for hydroxylation is 1. The van der Waals surface area contributed by atoms with Crippen molar-refractivity contribution in [2.45, 2.75) is 20.4 Å². The third kappa shape index (κ3) is 3.55. The fraction of sp³-hybridized carbons (Fsp3) is 0.417. The Morgan fingerprint density at radius 1 is 1.41 bits per heavy atom. The Morgan fingerprint density at radius 2 is 2.12 bits per heavy atom. The van der Waals surface area contributed by atoms with E-state index in [0.29, 0.717) is 13.1 Å². The van der Waals surface area contributed by atoms with Crippen LogP contribution in [0.3, 0.4) is 0 Å². The van der Waals surface area contributed by atoms with Crippen LogP contribution < -0.4 is 0 Å². The minimum absolute atomic E-state index is 0.312. The summed E-state index contributed by atoms with van der Waals surface area (Å²) in [7, 11) is 1.19. The van der Waals surface area contributed by atoms with Crippen LogP contribution in [0, 0.1) is 6.92 Å². The molecule has 92 valence electrons. The summed E-state index contributed by atoms with van der Waals surface area (Å²) in [5.41, 5.74) is 1.63. The van der Waals surface area contributed by atoms with Crippen LogP contribution in [-0.2, 0) is 20.9 Å². The molecule has 1 rings (SSSR count). The van der Waals surface area contributed by atoms with Gasteiger partial charge in [0.25, 0.3) is 0 Å². The van der Waals surface area contributed by atoms with Crippen molar-refractivity contribution in [3.63, 3.8) is 0 Å². The molecule has 0 N–H and O–H groups in total. The van der Waals surface area contributed by atoms with Gasteiger partial charge >= 0.3 is 11.9 Å². The number of pyridine rings is 1. The highest BCUT2D eigenvalue weighted by Gasteiger charge is 2.21. The molecule has 0 radical (unpaired) electrons. The zero-order valence-corrected chi connectivity index (χ0v) is 10.3. The summed E-state index contributed by atoms with van der Waals surface area (Å²) in [4.78, 5) is 28.4. The molecule has 1 amide bonds. The summed E-state index contributed by atoms with van der Waals surface area (Å²) >= 11 is 0. The highest BCUT2D eigenvalue weighted by molar-refractivity contribution is 6.32. The van der Waals surface area contributed by atoms with E-state index < -0.39 is 11.9 Å². The monoisotopic (exact) mass is 236 g/mol. The average molecular weight is 236 g/mol. The molecule has 0 aliphatic rings. The van der Waals surface area contributed by atoms with Crippen molar-refractivity contribution in [1.29, 1.82) is 0 Å². The van der Waals surface area contributed by atoms with E-state index in [-0.39, 0.29) is 0 Å². The van der Waals surface area contributed by atoms with Gasteiger partial charge in [0.1, 0.15) is 0 Å². The first-order valence-corrected chi connectivity index (χ1v) is 5.38. The number of nitrogens with zero attached hydrogens (tertiary/aromatic N) is 2. The van der Waals surface area contributed by atoms with Crippen molar-refractivity contribution in [2.24, 2.45) is 0 Å². The highest BCUT2D eigenvalue weighted by atomic mass is 16.5. The van der Waals surface area contributed by atoms with Crippen LogP contribution in [0.15, 0.2) is 18.2 Å². The summed E-state index contributed by atoms with van der Waals surface area (Å²) in [5.74, 6) is -1.49. The summed E-state index contributed by atoms with van der Waals surface area (Å²) < 4.78 is 4.41. The number of hydrogen-bond donors (Lipinski definition) is 0. The van der Waals surface area contributed by atoms with Gasteiger partial charge in [-0.15, -0.1) is 0 Å². The number of ether oxygens (including phenoxy) is 1. The number of hydrogen-bond acceptors (Lipinski definition) is 4. The molecule has 0 unspecified atom stereocenters. The Kier molecular flexibility index (Phi) is 4.63. The molecule has 0 atom stereocenters. The molecule has 0 spiro atoms. The smallest absolute Gasteiger partial charge is 0.396 e. The lowest BCUT2D eigenvalue weighted by Crippen LogP contribution is -2.36. The molecule has 0 bridgehead atoms. The molecule has 0 aliphatic heterocycles. The molecular formula is C12H16N2O3. The Balaban J connectivity index is 2.77. The lowest BCUT2D eigenvalue weighted by Gasteiger charge is -2.18. The first-order chi connectivity index (χ1) is 8.08. The first-order valence-electron chi connectivity index (χ1n) is 5.38. The maximum Gasteiger partial charge on any atom is 0.396 e. The normalized spacial score (nSPS) is 9.82.